The van der Waals surface area contributed by atoms with Gasteiger partial charge in [0.2, 0.25) is 0 Å². The molecule has 0 saturated heterocycles. The average molecular weight is 285 g/mol. The van der Waals surface area contributed by atoms with E-state index >= 15 is 0 Å². The maximum absolute atomic E-state index is 11.0. The molecule has 0 saturated carbocycles. The highest BCUT2D eigenvalue weighted by Crippen LogP contribution is 2.43. The van der Waals surface area contributed by atoms with Gasteiger partial charge in [-0.25, -0.2) is 0 Å². The molecule has 2 unspecified atom stereocenters. The van der Waals surface area contributed by atoms with Crippen LogP contribution in [-0.2, 0) is 9.09 Å². The second kappa shape index (κ2) is 8.68. The zero-order valence-corrected chi connectivity index (χ0v) is 13.0. The van der Waals surface area contributed by atoms with Crippen molar-refractivity contribution in [1.82, 2.24) is 0 Å². The van der Waals surface area contributed by atoms with Crippen molar-refractivity contribution in [1.29, 1.82) is 0 Å². The predicted octanol–water partition coefficient (Wildman–Crippen LogP) is 5.42. The standard InChI is InChI=1S/C14H22O2PS/c1-3-5-12-14(11-4-2,16-17-15)18-13-9-7-6-8-10-13/h6-10,17H,3-5,11-12H2,1-2H3/q+1. The Hall–Kier alpha value is -0.370. The van der Waals surface area contributed by atoms with Crippen LogP contribution in [0.25, 0.3) is 0 Å². The minimum Gasteiger partial charge on any atom is -0.130 e. The zero-order valence-electron chi connectivity index (χ0n) is 11.1. The SMILES string of the molecule is CCCCC(CCC)(O[PH+]=O)Sc1ccccc1. The van der Waals surface area contributed by atoms with Crippen LogP contribution in [0.4, 0.5) is 0 Å². The summed E-state index contributed by atoms with van der Waals surface area (Å²) in [5.74, 6) is 0. The van der Waals surface area contributed by atoms with E-state index in [9.17, 15) is 4.57 Å². The van der Waals surface area contributed by atoms with E-state index in [1.807, 2.05) is 18.2 Å². The first-order valence-corrected chi connectivity index (χ1v) is 8.19. The summed E-state index contributed by atoms with van der Waals surface area (Å²) in [6, 6.07) is 10.2. The number of hydrogen-bond acceptors (Lipinski definition) is 3. The summed E-state index contributed by atoms with van der Waals surface area (Å²) in [6.07, 6.45) is 5.15. The smallest absolute Gasteiger partial charge is 0.130 e. The molecule has 0 radical (unpaired) electrons. The summed E-state index contributed by atoms with van der Waals surface area (Å²) in [5.41, 5.74) is 0. The monoisotopic (exact) mass is 285 g/mol. The van der Waals surface area contributed by atoms with Crippen LogP contribution in [0.5, 0.6) is 0 Å². The van der Waals surface area contributed by atoms with Crippen LogP contribution in [0, 0.1) is 0 Å². The van der Waals surface area contributed by atoms with Crippen LogP contribution in [0.1, 0.15) is 46.0 Å². The third-order valence-electron chi connectivity index (χ3n) is 2.82. The fourth-order valence-corrected chi connectivity index (χ4v) is 3.86. The lowest BCUT2D eigenvalue weighted by Gasteiger charge is -2.26. The van der Waals surface area contributed by atoms with Crippen molar-refractivity contribution in [2.75, 3.05) is 0 Å². The van der Waals surface area contributed by atoms with Crippen LogP contribution in [0.3, 0.4) is 0 Å². The van der Waals surface area contributed by atoms with E-state index < -0.39 is 8.69 Å². The van der Waals surface area contributed by atoms with E-state index in [2.05, 4.69) is 26.0 Å². The Labute approximate surface area is 116 Å². The predicted molar refractivity (Wildman–Crippen MR) is 79.5 cm³/mol. The van der Waals surface area contributed by atoms with Gasteiger partial charge >= 0.3 is 8.69 Å². The molecule has 2 nitrogen and oxygen atoms in total. The number of hydrogen-bond donors (Lipinski definition) is 0. The second-order valence-corrected chi connectivity index (χ2v) is 6.16. The average Bonchev–Trinajstić information content (AvgIpc) is 2.38. The highest BCUT2D eigenvalue weighted by molar-refractivity contribution is 8.00. The lowest BCUT2D eigenvalue weighted by Crippen LogP contribution is -2.25. The second-order valence-electron chi connectivity index (χ2n) is 4.36. The molecule has 0 aromatic heterocycles. The van der Waals surface area contributed by atoms with Crippen molar-refractivity contribution in [3.05, 3.63) is 30.3 Å². The van der Waals surface area contributed by atoms with Crippen molar-refractivity contribution < 1.29 is 9.09 Å². The molecule has 0 N–H and O–H groups in total. The number of benzene rings is 1. The van der Waals surface area contributed by atoms with Gasteiger partial charge in [0.1, 0.15) is 0 Å². The summed E-state index contributed by atoms with van der Waals surface area (Å²) in [4.78, 5) is 0.854. The van der Waals surface area contributed by atoms with Gasteiger partial charge in [0.25, 0.3) is 0 Å². The van der Waals surface area contributed by atoms with Crippen molar-refractivity contribution in [3.63, 3.8) is 0 Å². The van der Waals surface area contributed by atoms with E-state index in [4.69, 9.17) is 4.52 Å². The molecule has 0 fully saturated rings. The van der Waals surface area contributed by atoms with Gasteiger partial charge in [0.05, 0.1) is 0 Å². The van der Waals surface area contributed by atoms with Crippen LogP contribution >= 0.6 is 20.4 Å². The van der Waals surface area contributed by atoms with Crippen LogP contribution in [0.15, 0.2) is 35.2 Å². The van der Waals surface area contributed by atoms with E-state index in [1.54, 1.807) is 11.8 Å². The maximum atomic E-state index is 11.0. The van der Waals surface area contributed by atoms with Gasteiger partial charge < -0.3 is 0 Å². The van der Waals surface area contributed by atoms with E-state index in [1.165, 1.54) is 4.90 Å². The first kappa shape index (κ1) is 15.7. The largest absolute Gasteiger partial charge is 0.495 e. The van der Waals surface area contributed by atoms with Crippen molar-refractivity contribution in [2.45, 2.75) is 55.8 Å². The maximum Gasteiger partial charge on any atom is 0.495 e. The Morgan fingerprint density at radius 1 is 1.17 bits per heavy atom. The third-order valence-corrected chi connectivity index (χ3v) is 4.81. The number of unbranched alkanes of at least 4 members (excludes halogenated alkanes) is 1. The topological polar surface area (TPSA) is 26.3 Å². The molecule has 0 spiro atoms. The molecule has 0 aliphatic rings. The molecule has 100 valence electrons. The minimum atomic E-state index is -0.689. The highest BCUT2D eigenvalue weighted by atomic mass is 32.2. The Kier molecular flexibility index (Phi) is 7.57. The Morgan fingerprint density at radius 3 is 2.44 bits per heavy atom. The summed E-state index contributed by atoms with van der Waals surface area (Å²) in [7, 11) is -0.689. The van der Waals surface area contributed by atoms with Crippen LogP contribution < -0.4 is 0 Å². The number of rotatable bonds is 9. The molecule has 1 aromatic carbocycles. The van der Waals surface area contributed by atoms with Gasteiger partial charge in [-0.05, 0) is 36.0 Å². The molecule has 0 aliphatic heterocycles. The molecule has 0 bridgehead atoms. The quantitative estimate of drug-likeness (QED) is 0.344. The summed E-state index contributed by atoms with van der Waals surface area (Å²) in [5, 5.41) is 0. The van der Waals surface area contributed by atoms with Gasteiger partial charge in [-0.2, -0.15) is 0 Å². The van der Waals surface area contributed by atoms with Gasteiger partial charge in [0.15, 0.2) is 4.93 Å². The first-order valence-electron chi connectivity index (χ1n) is 6.55. The number of thioether (sulfide) groups is 1. The summed E-state index contributed by atoms with van der Waals surface area (Å²) < 4.78 is 16.6. The zero-order chi connectivity index (χ0) is 13.3. The molecule has 1 aromatic rings. The molecule has 4 heteroatoms. The first-order chi connectivity index (χ1) is 8.76. The Balaban J connectivity index is 2.82. The highest BCUT2D eigenvalue weighted by Gasteiger charge is 2.35. The normalized spacial score (nSPS) is 14.6. The lowest BCUT2D eigenvalue weighted by molar-refractivity contribution is 0.159. The van der Waals surface area contributed by atoms with Crippen LogP contribution in [-0.4, -0.2) is 4.93 Å². The van der Waals surface area contributed by atoms with E-state index in [0.29, 0.717) is 0 Å². The van der Waals surface area contributed by atoms with Crippen molar-refractivity contribution in [2.24, 2.45) is 0 Å². The molecule has 2 atom stereocenters. The Bertz CT molecular complexity index is 345. The van der Waals surface area contributed by atoms with Gasteiger partial charge in [0, 0.05) is 4.90 Å². The molecule has 18 heavy (non-hydrogen) atoms. The fraction of sp³-hybridized carbons (Fsp3) is 0.571. The molecule has 0 aliphatic carbocycles. The van der Waals surface area contributed by atoms with Crippen molar-refractivity contribution >= 4 is 20.4 Å². The van der Waals surface area contributed by atoms with E-state index in [0.717, 1.165) is 32.1 Å². The summed E-state index contributed by atoms with van der Waals surface area (Å²) in [6.45, 7) is 4.31. The minimum absolute atomic E-state index is 0.327. The van der Waals surface area contributed by atoms with E-state index in [-0.39, 0.29) is 4.93 Å². The molecular weight excluding hydrogens is 263 g/mol. The van der Waals surface area contributed by atoms with Gasteiger partial charge in [-0.15, -0.1) is 4.52 Å². The third kappa shape index (κ3) is 5.09. The summed E-state index contributed by atoms with van der Waals surface area (Å²) >= 11 is 1.71. The molecule has 0 amide bonds. The Morgan fingerprint density at radius 2 is 1.89 bits per heavy atom. The van der Waals surface area contributed by atoms with Crippen LogP contribution in [0.2, 0.25) is 0 Å². The van der Waals surface area contributed by atoms with Gasteiger partial charge in [-0.1, -0.05) is 56.7 Å². The molecular formula is C14H22O2PS+. The van der Waals surface area contributed by atoms with Crippen molar-refractivity contribution in [3.8, 4) is 0 Å². The van der Waals surface area contributed by atoms with Gasteiger partial charge in [-0.3, -0.25) is 0 Å². The molecule has 1 rings (SSSR count). The fourth-order valence-electron chi connectivity index (χ4n) is 1.96. The molecule has 0 heterocycles. The lowest BCUT2D eigenvalue weighted by atomic mass is 10.1.